The lowest BCUT2D eigenvalue weighted by Gasteiger charge is -2.19. The van der Waals surface area contributed by atoms with Crippen LogP contribution in [0.5, 0.6) is 0 Å². The van der Waals surface area contributed by atoms with Gasteiger partial charge in [0, 0.05) is 13.5 Å². The summed E-state index contributed by atoms with van der Waals surface area (Å²) in [6, 6.07) is 0. The fourth-order valence-corrected chi connectivity index (χ4v) is 0.831. The number of aldehydes is 1. The van der Waals surface area contributed by atoms with Gasteiger partial charge >= 0.3 is 0 Å². The van der Waals surface area contributed by atoms with Crippen LogP contribution in [-0.4, -0.2) is 32.2 Å². The van der Waals surface area contributed by atoms with E-state index in [1.165, 1.54) is 7.11 Å². The molecular weight excluding hydrogens is 172 g/mol. The van der Waals surface area contributed by atoms with Crippen molar-refractivity contribution in [2.45, 2.75) is 25.6 Å². The average Bonchev–Trinajstić information content (AvgIpc) is 2.14. The van der Waals surface area contributed by atoms with E-state index in [1.807, 2.05) is 0 Å². The third-order valence-electron chi connectivity index (χ3n) is 1.56. The molecule has 2 atom stereocenters. The topological polar surface area (TPSA) is 44.8 Å². The minimum Gasteiger partial charge on any atom is -0.378 e. The van der Waals surface area contributed by atoms with Crippen LogP contribution in [0.1, 0.15) is 13.3 Å². The van der Waals surface area contributed by atoms with Crippen molar-refractivity contribution in [1.82, 2.24) is 0 Å². The first-order valence-electron chi connectivity index (χ1n) is 4.11. The van der Waals surface area contributed by atoms with E-state index in [1.54, 1.807) is 13.0 Å². The zero-order chi connectivity index (χ0) is 10.1. The molecule has 2 unspecified atom stereocenters. The summed E-state index contributed by atoms with van der Waals surface area (Å²) in [4.78, 5) is 19.9. The predicted molar refractivity (Wildman–Crippen MR) is 48.2 cm³/mol. The van der Waals surface area contributed by atoms with Gasteiger partial charge in [-0.2, -0.15) is 0 Å². The Morgan fingerprint density at radius 2 is 2.23 bits per heavy atom. The smallest absolute Gasteiger partial charge is 0.122 e. The maximum Gasteiger partial charge on any atom is 0.122 e. The highest BCUT2D eigenvalue weighted by Crippen LogP contribution is 2.06. The maximum absolute atomic E-state index is 10.2. The van der Waals surface area contributed by atoms with Crippen molar-refractivity contribution in [3.8, 4) is 0 Å². The minimum absolute atomic E-state index is 0.262. The third-order valence-corrected chi connectivity index (χ3v) is 1.56. The van der Waals surface area contributed by atoms with Crippen molar-refractivity contribution in [2.75, 3.05) is 13.7 Å². The summed E-state index contributed by atoms with van der Waals surface area (Å²) >= 11 is 0. The molecule has 0 rings (SSSR count). The number of hydrogen-bond acceptors (Lipinski definition) is 4. The van der Waals surface area contributed by atoms with Gasteiger partial charge in [0.05, 0.1) is 6.10 Å². The molecule has 0 aliphatic heterocycles. The Morgan fingerprint density at radius 1 is 1.54 bits per heavy atom. The summed E-state index contributed by atoms with van der Waals surface area (Å²) < 4.78 is 5.02. The molecule has 0 heterocycles. The maximum atomic E-state index is 10.2. The summed E-state index contributed by atoms with van der Waals surface area (Å²) in [7, 11) is 1.53. The van der Waals surface area contributed by atoms with E-state index in [4.69, 9.17) is 14.5 Å². The zero-order valence-electron chi connectivity index (χ0n) is 8.06. The van der Waals surface area contributed by atoms with Gasteiger partial charge in [0.15, 0.2) is 0 Å². The summed E-state index contributed by atoms with van der Waals surface area (Å²) in [6.45, 7) is 5.57. The van der Waals surface area contributed by atoms with Crippen LogP contribution in [0.2, 0.25) is 0 Å². The quantitative estimate of drug-likeness (QED) is 0.188. The molecule has 0 amide bonds. The Bertz CT molecular complexity index is 147. The third kappa shape index (κ3) is 5.52. The van der Waals surface area contributed by atoms with Gasteiger partial charge in [-0.05, 0) is 6.92 Å². The van der Waals surface area contributed by atoms with Gasteiger partial charge in [-0.25, -0.2) is 9.78 Å². The van der Waals surface area contributed by atoms with E-state index in [0.717, 1.165) is 6.29 Å². The van der Waals surface area contributed by atoms with Gasteiger partial charge in [0.1, 0.15) is 19.0 Å². The second-order valence-corrected chi connectivity index (χ2v) is 2.55. The van der Waals surface area contributed by atoms with E-state index in [9.17, 15) is 4.79 Å². The highest BCUT2D eigenvalue weighted by atomic mass is 17.2. The fraction of sp³-hybridized carbons (Fsp3) is 0.667. The molecule has 0 bridgehead atoms. The molecule has 4 heteroatoms. The van der Waals surface area contributed by atoms with Crippen molar-refractivity contribution in [2.24, 2.45) is 0 Å². The van der Waals surface area contributed by atoms with E-state index in [2.05, 4.69) is 6.58 Å². The molecule has 0 fully saturated rings. The van der Waals surface area contributed by atoms with Crippen LogP contribution in [0, 0.1) is 0 Å². The molecular formula is C9H16O4. The average molecular weight is 188 g/mol. The Balaban J connectivity index is 3.68. The van der Waals surface area contributed by atoms with E-state index in [-0.39, 0.29) is 12.2 Å². The van der Waals surface area contributed by atoms with Gasteiger partial charge in [0.2, 0.25) is 0 Å². The molecule has 4 nitrogen and oxygen atoms in total. The summed E-state index contributed by atoms with van der Waals surface area (Å²) in [5, 5.41) is 0. The van der Waals surface area contributed by atoms with Gasteiger partial charge in [-0.3, -0.25) is 0 Å². The number of hydrogen-bond donors (Lipinski definition) is 0. The lowest BCUT2D eigenvalue weighted by Crippen LogP contribution is -2.28. The molecule has 76 valence electrons. The first-order chi connectivity index (χ1) is 6.26. The Kier molecular flexibility index (Phi) is 7.48. The van der Waals surface area contributed by atoms with E-state index < -0.39 is 0 Å². The number of rotatable bonds is 8. The lowest BCUT2D eigenvalue weighted by molar-refractivity contribution is -0.328. The van der Waals surface area contributed by atoms with Crippen LogP contribution in [-0.2, 0) is 19.3 Å². The highest BCUT2D eigenvalue weighted by Gasteiger charge is 2.17. The van der Waals surface area contributed by atoms with Crippen LogP contribution in [0.4, 0.5) is 0 Å². The van der Waals surface area contributed by atoms with E-state index in [0.29, 0.717) is 13.0 Å². The molecule has 0 aliphatic carbocycles. The molecule has 0 spiro atoms. The number of carbonyl (C=O) groups excluding carboxylic acids is 1. The lowest BCUT2D eigenvalue weighted by atomic mass is 10.2. The van der Waals surface area contributed by atoms with Crippen LogP contribution in [0.3, 0.4) is 0 Å². The molecule has 0 N–H and O–H groups in total. The number of methoxy groups -OCH3 is 1. The zero-order valence-corrected chi connectivity index (χ0v) is 8.06. The van der Waals surface area contributed by atoms with Crippen molar-refractivity contribution < 1.29 is 19.3 Å². The molecule has 0 aromatic heterocycles. The van der Waals surface area contributed by atoms with Gasteiger partial charge in [-0.15, -0.1) is 6.58 Å². The van der Waals surface area contributed by atoms with Gasteiger partial charge < -0.3 is 9.53 Å². The second-order valence-electron chi connectivity index (χ2n) is 2.55. The van der Waals surface area contributed by atoms with Crippen LogP contribution in [0.25, 0.3) is 0 Å². The van der Waals surface area contributed by atoms with Crippen molar-refractivity contribution in [1.29, 1.82) is 0 Å². The summed E-state index contributed by atoms with van der Waals surface area (Å²) in [5.74, 6) is 0. The number of carbonyl (C=O) groups is 1. The van der Waals surface area contributed by atoms with E-state index >= 15 is 0 Å². The minimum atomic E-state index is -0.268. The molecule has 0 aliphatic rings. The molecule has 0 saturated carbocycles. The largest absolute Gasteiger partial charge is 0.378 e. The highest BCUT2D eigenvalue weighted by molar-refractivity contribution is 5.50. The van der Waals surface area contributed by atoms with Crippen molar-refractivity contribution in [3.05, 3.63) is 12.7 Å². The van der Waals surface area contributed by atoms with Gasteiger partial charge in [0.25, 0.3) is 0 Å². The van der Waals surface area contributed by atoms with Crippen LogP contribution < -0.4 is 0 Å². The molecule has 0 aromatic rings. The summed E-state index contributed by atoms with van der Waals surface area (Å²) in [5.41, 5.74) is 0. The predicted octanol–water partition coefficient (Wildman–Crippen LogP) is 1.11. The Morgan fingerprint density at radius 3 is 2.69 bits per heavy atom. The molecule has 13 heavy (non-hydrogen) atoms. The fourth-order valence-electron chi connectivity index (χ4n) is 0.831. The van der Waals surface area contributed by atoms with Gasteiger partial charge in [-0.1, -0.05) is 6.08 Å². The number of ether oxygens (including phenoxy) is 1. The Hall–Kier alpha value is -0.710. The standard InChI is InChI=1S/C9H16O4/c1-4-7-12-13-8(2)9(11-3)5-6-10/h4,6,8-9H,1,5,7H2,2-3H3. The first kappa shape index (κ1) is 12.3. The monoisotopic (exact) mass is 188 g/mol. The molecule has 0 aromatic carbocycles. The molecule has 0 saturated heterocycles. The summed E-state index contributed by atoms with van der Waals surface area (Å²) in [6.07, 6.45) is 2.14. The van der Waals surface area contributed by atoms with Crippen molar-refractivity contribution in [3.63, 3.8) is 0 Å². The molecule has 0 radical (unpaired) electrons. The normalized spacial score (nSPS) is 14.9. The van der Waals surface area contributed by atoms with Crippen LogP contribution in [0.15, 0.2) is 12.7 Å². The van der Waals surface area contributed by atoms with Crippen LogP contribution >= 0.6 is 0 Å². The second kappa shape index (κ2) is 7.91. The SMILES string of the molecule is C=CCOOC(C)C(CC=O)OC. The Labute approximate surface area is 78.4 Å². The van der Waals surface area contributed by atoms with Crippen molar-refractivity contribution >= 4 is 6.29 Å². The first-order valence-corrected chi connectivity index (χ1v) is 4.11.